The quantitative estimate of drug-likeness (QED) is 0.298. The third-order valence-electron chi connectivity index (χ3n) is 6.39. The standard InChI is InChI=1S/C29H33Cl2N3O5S/c1-32-29(36)26(18-21-10-5-4-6-11-21)33(20-22-12-7-8-13-24(22)30)28(35)14-9-17-34(40(3,37)38)23-15-16-27(39-2)25(31)19-23/h4-8,10-13,15-16,19,26H,9,14,17-18,20H2,1-3H3,(H,32,36)/t26-/m1/s1. The molecule has 214 valence electrons. The molecule has 0 spiro atoms. The molecule has 0 aromatic heterocycles. The largest absolute Gasteiger partial charge is 0.495 e. The summed E-state index contributed by atoms with van der Waals surface area (Å²) in [5.74, 6) is -0.191. The van der Waals surface area contributed by atoms with Crippen LogP contribution < -0.4 is 14.4 Å². The molecule has 0 fully saturated rings. The number of sulfonamides is 1. The molecule has 1 N–H and O–H groups in total. The first-order valence-electron chi connectivity index (χ1n) is 12.6. The molecule has 2 amide bonds. The Morgan fingerprint density at radius 1 is 0.975 bits per heavy atom. The van der Waals surface area contributed by atoms with Gasteiger partial charge in [0.05, 0.1) is 24.1 Å². The number of rotatable bonds is 13. The first-order chi connectivity index (χ1) is 19.0. The third kappa shape index (κ3) is 8.36. The second kappa shape index (κ2) is 14.4. The molecule has 3 aromatic rings. The lowest BCUT2D eigenvalue weighted by Gasteiger charge is -2.32. The number of ether oxygens (including phenoxy) is 1. The highest BCUT2D eigenvalue weighted by atomic mass is 35.5. The van der Waals surface area contributed by atoms with Crippen LogP contribution in [0, 0.1) is 0 Å². The van der Waals surface area contributed by atoms with Crippen molar-refractivity contribution in [2.24, 2.45) is 0 Å². The Morgan fingerprint density at radius 3 is 2.25 bits per heavy atom. The zero-order valence-electron chi connectivity index (χ0n) is 22.6. The van der Waals surface area contributed by atoms with Gasteiger partial charge in [-0.2, -0.15) is 0 Å². The van der Waals surface area contributed by atoms with Crippen LogP contribution in [0.4, 0.5) is 5.69 Å². The monoisotopic (exact) mass is 605 g/mol. The number of nitrogens with one attached hydrogen (secondary N) is 1. The highest BCUT2D eigenvalue weighted by Gasteiger charge is 2.30. The Morgan fingerprint density at radius 2 is 1.65 bits per heavy atom. The molecule has 8 nitrogen and oxygen atoms in total. The summed E-state index contributed by atoms with van der Waals surface area (Å²) in [5.41, 5.74) is 1.96. The smallest absolute Gasteiger partial charge is 0.242 e. The van der Waals surface area contributed by atoms with Crippen LogP contribution in [0.25, 0.3) is 0 Å². The van der Waals surface area contributed by atoms with Crippen LogP contribution in [0.1, 0.15) is 24.0 Å². The number of benzene rings is 3. The highest BCUT2D eigenvalue weighted by Crippen LogP contribution is 2.30. The van der Waals surface area contributed by atoms with E-state index in [1.807, 2.05) is 42.5 Å². The van der Waals surface area contributed by atoms with E-state index in [0.29, 0.717) is 28.4 Å². The van der Waals surface area contributed by atoms with Crippen molar-refractivity contribution in [3.8, 4) is 5.75 Å². The SMILES string of the molecule is CNC(=O)[C@@H](Cc1ccccc1)N(Cc1ccccc1Cl)C(=O)CCCN(c1ccc(OC)c(Cl)c1)S(C)(=O)=O. The van der Waals surface area contributed by atoms with E-state index in [0.717, 1.165) is 11.8 Å². The fraction of sp³-hybridized carbons (Fsp3) is 0.310. The van der Waals surface area contributed by atoms with Gasteiger partial charge in [-0.05, 0) is 41.8 Å². The topological polar surface area (TPSA) is 96.0 Å². The zero-order chi connectivity index (χ0) is 29.3. The van der Waals surface area contributed by atoms with E-state index in [-0.39, 0.29) is 42.8 Å². The number of nitrogens with zero attached hydrogens (tertiary/aromatic N) is 2. The summed E-state index contributed by atoms with van der Waals surface area (Å²) in [7, 11) is -0.672. The second-order valence-electron chi connectivity index (χ2n) is 9.19. The van der Waals surface area contributed by atoms with Crippen molar-refractivity contribution in [2.75, 3.05) is 31.3 Å². The minimum atomic E-state index is -3.67. The van der Waals surface area contributed by atoms with Gasteiger partial charge in [0.2, 0.25) is 21.8 Å². The number of methoxy groups -OCH3 is 1. The number of likely N-dealkylation sites (N-methyl/N-ethyl adjacent to an activating group) is 1. The molecule has 0 aliphatic carbocycles. The number of anilines is 1. The molecular weight excluding hydrogens is 573 g/mol. The lowest BCUT2D eigenvalue weighted by Crippen LogP contribution is -2.49. The zero-order valence-corrected chi connectivity index (χ0v) is 25.0. The fourth-order valence-electron chi connectivity index (χ4n) is 4.35. The van der Waals surface area contributed by atoms with Crippen molar-refractivity contribution >= 4 is 50.7 Å². The van der Waals surface area contributed by atoms with Crippen LogP contribution in [0.2, 0.25) is 10.0 Å². The average molecular weight is 607 g/mol. The van der Waals surface area contributed by atoms with Gasteiger partial charge in [0, 0.05) is 38.0 Å². The van der Waals surface area contributed by atoms with Crippen molar-refractivity contribution in [3.05, 3.63) is 94.0 Å². The van der Waals surface area contributed by atoms with Gasteiger partial charge in [-0.15, -0.1) is 0 Å². The molecule has 3 aromatic carbocycles. The molecule has 0 heterocycles. The molecule has 11 heteroatoms. The van der Waals surface area contributed by atoms with Crippen molar-refractivity contribution in [1.29, 1.82) is 0 Å². The van der Waals surface area contributed by atoms with Crippen LogP contribution in [-0.4, -0.2) is 58.1 Å². The highest BCUT2D eigenvalue weighted by molar-refractivity contribution is 7.92. The molecular formula is C29H33Cl2N3O5S. The second-order valence-corrected chi connectivity index (χ2v) is 11.9. The number of carbonyl (C=O) groups excluding carboxylic acids is 2. The van der Waals surface area contributed by atoms with E-state index in [1.54, 1.807) is 24.3 Å². The van der Waals surface area contributed by atoms with Gasteiger partial charge >= 0.3 is 0 Å². The predicted molar refractivity (Wildman–Crippen MR) is 159 cm³/mol. The van der Waals surface area contributed by atoms with Crippen molar-refractivity contribution in [2.45, 2.75) is 31.8 Å². The third-order valence-corrected chi connectivity index (χ3v) is 8.25. The van der Waals surface area contributed by atoms with E-state index in [1.165, 1.54) is 29.4 Å². The van der Waals surface area contributed by atoms with E-state index in [4.69, 9.17) is 27.9 Å². The minimum absolute atomic E-state index is 0.00262. The summed E-state index contributed by atoms with van der Waals surface area (Å²) < 4.78 is 31.6. The number of amides is 2. The van der Waals surface area contributed by atoms with E-state index >= 15 is 0 Å². The van der Waals surface area contributed by atoms with Crippen LogP contribution >= 0.6 is 23.2 Å². The van der Waals surface area contributed by atoms with Crippen molar-refractivity contribution < 1.29 is 22.7 Å². The van der Waals surface area contributed by atoms with Gasteiger partial charge < -0.3 is 15.0 Å². The summed E-state index contributed by atoms with van der Waals surface area (Å²) in [6.07, 6.45) is 1.61. The maximum atomic E-state index is 13.7. The number of carbonyl (C=O) groups is 2. The Hall–Kier alpha value is -3.27. The van der Waals surface area contributed by atoms with Crippen LogP contribution in [0.15, 0.2) is 72.8 Å². The van der Waals surface area contributed by atoms with Crippen molar-refractivity contribution in [1.82, 2.24) is 10.2 Å². The number of hydrogen-bond acceptors (Lipinski definition) is 5. The minimum Gasteiger partial charge on any atom is -0.495 e. The molecule has 0 aliphatic heterocycles. The van der Waals surface area contributed by atoms with Crippen LogP contribution in [0.5, 0.6) is 5.75 Å². The maximum absolute atomic E-state index is 13.7. The van der Waals surface area contributed by atoms with Gasteiger partial charge in [-0.3, -0.25) is 13.9 Å². The van der Waals surface area contributed by atoms with Crippen molar-refractivity contribution in [3.63, 3.8) is 0 Å². The summed E-state index contributed by atoms with van der Waals surface area (Å²) >= 11 is 12.6. The molecule has 1 atom stereocenters. The van der Waals surface area contributed by atoms with Gasteiger partial charge in [-0.1, -0.05) is 71.7 Å². The summed E-state index contributed by atoms with van der Waals surface area (Å²) in [6, 6.07) is 20.5. The maximum Gasteiger partial charge on any atom is 0.242 e. The van der Waals surface area contributed by atoms with Crippen LogP contribution in [-0.2, 0) is 32.6 Å². The van der Waals surface area contributed by atoms with Gasteiger partial charge in [0.25, 0.3) is 0 Å². The Labute approximate surface area is 245 Å². The molecule has 0 aliphatic rings. The summed E-state index contributed by atoms with van der Waals surface area (Å²) in [5, 5.41) is 3.43. The van der Waals surface area contributed by atoms with E-state index < -0.39 is 16.1 Å². The summed E-state index contributed by atoms with van der Waals surface area (Å²) in [4.78, 5) is 28.3. The molecule has 40 heavy (non-hydrogen) atoms. The van der Waals surface area contributed by atoms with Crippen LogP contribution in [0.3, 0.4) is 0 Å². The molecule has 3 rings (SSSR count). The molecule has 0 unspecified atom stereocenters. The molecule has 0 saturated heterocycles. The first-order valence-corrected chi connectivity index (χ1v) is 15.2. The average Bonchev–Trinajstić information content (AvgIpc) is 2.93. The molecule has 0 bridgehead atoms. The molecule has 0 radical (unpaired) electrons. The van der Waals surface area contributed by atoms with E-state index in [9.17, 15) is 18.0 Å². The van der Waals surface area contributed by atoms with Gasteiger partial charge in [-0.25, -0.2) is 8.42 Å². The summed E-state index contributed by atoms with van der Waals surface area (Å²) in [6.45, 7) is 0.157. The Balaban J connectivity index is 1.86. The fourth-order valence-corrected chi connectivity index (χ4v) is 5.75. The Kier molecular flexibility index (Phi) is 11.2. The van der Waals surface area contributed by atoms with E-state index in [2.05, 4.69) is 5.32 Å². The lowest BCUT2D eigenvalue weighted by molar-refractivity contribution is -0.141. The predicted octanol–water partition coefficient (Wildman–Crippen LogP) is 4.93. The number of halogens is 2. The van der Waals surface area contributed by atoms with Gasteiger partial charge in [0.15, 0.2) is 0 Å². The van der Waals surface area contributed by atoms with Gasteiger partial charge in [0.1, 0.15) is 11.8 Å². The Bertz CT molecular complexity index is 1420. The lowest BCUT2D eigenvalue weighted by atomic mass is 10.0. The normalized spacial score (nSPS) is 11.9. The first kappa shape index (κ1) is 31.3. The number of hydrogen-bond donors (Lipinski definition) is 1. The molecule has 0 saturated carbocycles.